The van der Waals surface area contributed by atoms with Crippen LogP contribution in [0.25, 0.3) is 0 Å². The number of fused-ring (bicyclic) bond motifs is 1. The van der Waals surface area contributed by atoms with Crippen LogP contribution in [0.2, 0.25) is 0 Å². The van der Waals surface area contributed by atoms with Crippen molar-refractivity contribution < 1.29 is 22.7 Å². The van der Waals surface area contributed by atoms with Gasteiger partial charge in [0.2, 0.25) is 22.7 Å². The lowest BCUT2D eigenvalue weighted by molar-refractivity contribution is -0.132. The Balaban J connectivity index is 1.59. The van der Waals surface area contributed by atoms with Crippen LogP contribution in [0, 0.1) is 6.92 Å². The van der Waals surface area contributed by atoms with E-state index in [0.717, 1.165) is 20.3 Å². The average molecular weight is 499 g/mol. The maximum atomic E-state index is 13.5. The van der Waals surface area contributed by atoms with Crippen molar-refractivity contribution in [3.05, 3.63) is 88.6 Å². The Kier molecular flexibility index (Phi) is 7.35. The molecule has 0 saturated heterocycles. The number of amides is 1. The summed E-state index contributed by atoms with van der Waals surface area (Å²) in [6.07, 6.45) is 1.49. The molecule has 0 bridgehead atoms. The first-order valence-electron chi connectivity index (χ1n) is 10.7. The Bertz CT molecular complexity index is 1270. The fraction of sp³-hybridized carbons (Fsp3) is 0.240. The quantitative estimate of drug-likeness (QED) is 0.392. The Morgan fingerprint density at radius 3 is 2.56 bits per heavy atom. The lowest BCUT2D eigenvalue weighted by atomic mass is 10.1. The Morgan fingerprint density at radius 1 is 1.09 bits per heavy atom. The maximum Gasteiger partial charge on any atom is 0.243 e. The topological polar surface area (TPSA) is 76.2 Å². The second-order valence-corrected chi connectivity index (χ2v) is 10.8. The van der Waals surface area contributed by atoms with Crippen LogP contribution in [0.1, 0.15) is 16.0 Å². The minimum absolute atomic E-state index is 0.0266. The molecule has 4 rings (SSSR count). The SMILES string of the molecule is C=CCN(CC(=O)N(Cc1ccc2c(c1)OCO2)Cc1sccc1C)S(=O)(=O)c1ccccc1. The standard InChI is InChI=1S/C25H26N2O5S2/c1-3-12-27(34(29,30)21-7-5-4-6-8-21)17-25(28)26(16-24-19(2)11-13-33-24)15-20-9-10-22-23(14-20)32-18-31-22/h3-11,13-14H,1,12,15-18H2,2H3. The van der Waals surface area contributed by atoms with Crippen LogP contribution >= 0.6 is 11.3 Å². The highest BCUT2D eigenvalue weighted by atomic mass is 32.2. The summed E-state index contributed by atoms with van der Waals surface area (Å²) in [4.78, 5) is 16.4. The van der Waals surface area contributed by atoms with Gasteiger partial charge in [0.25, 0.3) is 0 Å². The number of sulfonamides is 1. The molecular formula is C25H26N2O5S2. The van der Waals surface area contributed by atoms with E-state index >= 15 is 0 Å². The van der Waals surface area contributed by atoms with Gasteiger partial charge in [0.05, 0.1) is 18.0 Å². The second kappa shape index (κ2) is 10.4. The molecule has 0 fully saturated rings. The van der Waals surface area contributed by atoms with Gasteiger partial charge in [0, 0.05) is 18.0 Å². The number of benzene rings is 2. The van der Waals surface area contributed by atoms with Crippen molar-refractivity contribution in [3.63, 3.8) is 0 Å². The molecule has 0 aliphatic carbocycles. The number of thiophene rings is 1. The van der Waals surface area contributed by atoms with E-state index in [-0.39, 0.29) is 30.7 Å². The highest BCUT2D eigenvalue weighted by Crippen LogP contribution is 2.33. The monoisotopic (exact) mass is 498 g/mol. The molecule has 1 aromatic heterocycles. The molecule has 9 heteroatoms. The molecular weight excluding hydrogens is 472 g/mol. The minimum Gasteiger partial charge on any atom is -0.454 e. The smallest absolute Gasteiger partial charge is 0.243 e. The molecule has 0 saturated carbocycles. The summed E-state index contributed by atoms with van der Waals surface area (Å²) in [6.45, 7) is 6.27. The van der Waals surface area contributed by atoms with Crippen molar-refractivity contribution in [2.75, 3.05) is 19.9 Å². The van der Waals surface area contributed by atoms with Crippen molar-refractivity contribution in [3.8, 4) is 11.5 Å². The van der Waals surface area contributed by atoms with Crippen molar-refractivity contribution >= 4 is 27.3 Å². The number of hydrogen-bond acceptors (Lipinski definition) is 6. The number of carbonyl (C=O) groups is 1. The predicted octanol–water partition coefficient (Wildman–Crippen LogP) is 4.19. The zero-order chi connectivity index (χ0) is 24.1. The first-order chi connectivity index (χ1) is 16.4. The number of aryl methyl sites for hydroxylation is 1. The fourth-order valence-corrected chi connectivity index (χ4v) is 5.92. The van der Waals surface area contributed by atoms with Gasteiger partial charge >= 0.3 is 0 Å². The number of ether oxygens (including phenoxy) is 2. The highest BCUT2D eigenvalue weighted by molar-refractivity contribution is 7.89. The molecule has 0 unspecified atom stereocenters. The Morgan fingerprint density at radius 2 is 1.85 bits per heavy atom. The molecule has 1 amide bonds. The number of rotatable bonds is 10. The third-order valence-corrected chi connectivity index (χ3v) is 8.32. The van der Waals surface area contributed by atoms with Gasteiger partial charge in [-0.05, 0) is 53.8 Å². The maximum absolute atomic E-state index is 13.5. The van der Waals surface area contributed by atoms with Gasteiger partial charge in [0.15, 0.2) is 11.5 Å². The highest BCUT2D eigenvalue weighted by Gasteiger charge is 2.28. The number of nitrogens with zero attached hydrogens (tertiary/aromatic N) is 2. The summed E-state index contributed by atoms with van der Waals surface area (Å²) in [5.41, 5.74) is 1.96. The summed E-state index contributed by atoms with van der Waals surface area (Å²) in [7, 11) is -3.86. The summed E-state index contributed by atoms with van der Waals surface area (Å²) >= 11 is 1.57. The third-order valence-electron chi connectivity index (χ3n) is 5.49. The van der Waals surface area contributed by atoms with Gasteiger partial charge in [-0.2, -0.15) is 4.31 Å². The summed E-state index contributed by atoms with van der Waals surface area (Å²) in [5, 5.41) is 1.98. The molecule has 3 aromatic rings. The molecule has 178 valence electrons. The van der Waals surface area contributed by atoms with E-state index in [4.69, 9.17) is 9.47 Å². The normalized spacial score (nSPS) is 12.6. The van der Waals surface area contributed by atoms with E-state index in [2.05, 4.69) is 6.58 Å². The summed E-state index contributed by atoms with van der Waals surface area (Å²) < 4.78 is 38.4. The first kappa shape index (κ1) is 24.0. The van der Waals surface area contributed by atoms with Crippen LogP contribution in [0.3, 0.4) is 0 Å². The Hall–Kier alpha value is -3.14. The van der Waals surface area contributed by atoms with Crippen LogP contribution < -0.4 is 9.47 Å². The molecule has 1 aliphatic heterocycles. The van der Waals surface area contributed by atoms with Gasteiger partial charge in [-0.25, -0.2) is 8.42 Å². The second-order valence-electron chi connectivity index (χ2n) is 7.86. The average Bonchev–Trinajstić information content (AvgIpc) is 3.47. The van der Waals surface area contributed by atoms with Crippen molar-refractivity contribution in [2.45, 2.75) is 24.9 Å². The molecule has 0 spiro atoms. The molecule has 0 atom stereocenters. The van der Waals surface area contributed by atoms with Crippen LogP contribution in [0.15, 0.2) is 77.5 Å². The van der Waals surface area contributed by atoms with Crippen molar-refractivity contribution in [1.82, 2.24) is 9.21 Å². The molecule has 0 N–H and O–H groups in total. The van der Waals surface area contributed by atoms with E-state index in [1.54, 1.807) is 34.4 Å². The van der Waals surface area contributed by atoms with Crippen LogP contribution in [0.5, 0.6) is 11.5 Å². The van der Waals surface area contributed by atoms with Gasteiger partial charge in [-0.1, -0.05) is 30.3 Å². The lowest BCUT2D eigenvalue weighted by Gasteiger charge is -2.27. The predicted molar refractivity (Wildman–Crippen MR) is 131 cm³/mol. The molecule has 2 heterocycles. The largest absolute Gasteiger partial charge is 0.454 e. The minimum atomic E-state index is -3.86. The van der Waals surface area contributed by atoms with Gasteiger partial charge in [-0.3, -0.25) is 4.79 Å². The number of carbonyl (C=O) groups excluding carboxylic acids is 1. The van der Waals surface area contributed by atoms with E-state index in [9.17, 15) is 13.2 Å². The molecule has 34 heavy (non-hydrogen) atoms. The molecule has 1 aliphatic rings. The van der Waals surface area contributed by atoms with Crippen LogP contribution in [-0.2, 0) is 27.9 Å². The Labute approximate surface area is 203 Å². The summed E-state index contributed by atoms with van der Waals surface area (Å²) in [6, 6.07) is 15.7. The lowest BCUT2D eigenvalue weighted by Crippen LogP contribution is -2.42. The van der Waals surface area contributed by atoms with Gasteiger partial charge < -0.3 is 14.4 Å². The molecule has 0 radical (unpaired) electrons. The van der Waals surface area contributed by atoms with Crippen LogP contribution in [-0.4, -0.2) is 43.4 Å². The van der Waals surface area contributed by atoms with E-state index < -0.39 is 10.0 Å². The van der Waals surface area contributed by atoms with E-state index in [1.807, 2.05) is 36.6 Å². The zero-order valence-electron chi connectivity index (χ0n) is 18.8. The van der Waals surface area contributed by atoms with Crippen LogP contribution in [0.4, 0.5) is 0 Å². The molecule has 2 aromatic carbocycles. The van der Waals surface area contributed by atoms with Crippen molar-refractivity contribution in [2.24, 2.45) is 0 Å². The van der Waals surface area contributed by atoms with E-state index in [1.165, 1.54) is 18.2 Å². The zero-order valence-corrected chi connectivity index (χ0v) is 20.5. The third kappa shape index (κ3) is 5.32. The molecule has 7 nitrogen and oxygen atoms in total. The van der Waals surface area contributed by atoms with E-state index in [0.29, 0.717) is 24.6 Å². The van der Waals surface area contributed by atoms with Gasteiger partial charge in [-0.15, -0.1) is 17.9 Å². The number of hydrogen-bond donors (Lipinski definition) is 0. The van der Waals surface area contributed by atoms with Crippen molar-refractivity contribution in [1.29, 1.82) is 0 Å². The summed E-state index contributed by atoms with van der Waals surface area (Å²) in [5.74, 6) is 1.01. The first-order valence-corrected chi connectivity index (χ1v) is 13.1. The van der Waals surface area contributed by atoms with Gasteiger partial charge in [0.1, 0.15) is 0 Å². The fourth-order valence-electron chi connectivity index (χ4n) is 3.62.